The van der Waals surface area contributed by atoms with Crippen LogP contribution in [0.1, 0.15) is 29.9 Å². The number of pyridine rings is 1. The third-order valence-electron chi connectivity index (χ3n) is 3.35. The maximum atomic E-state index is 12.0. The van der Waals surface area contributed by atoms with Crippen molar-refractivity contribution >= 4 is 5.91 Å². The van der Waals surface area contributed by atoms with Crippen LogP contribution in [-0.4, -0.2) is 16.4 Å². The maximum Gasteiger partial charge on any atom is 0.253 e. The molecule has 0 saturated heterocycles. The van der Waals surface area contributed by atoms with Crippen molar-refractivity contribution in [2.24, 2.45) is 0 Å². The van der Waals surface area contributed by atoms with Crippen molar-refractivity contribution in [1.29, 1.82) is 0 Å². The molecule has 1 aliphatic heterocycles. The summed E-state index contributed by atoms with van der Waals surface area (Å²) in [4.78, 5) is 16.7. The molecule has 96 valence electrons. The molecule has 3 rings (SSSR count). The minimum absolute atomic E-state index is 0.0293. The molecule has 0 unspecified atom stereocenters. The second-order valence-electron chi connectivity index (χ2n) is 5.57. The molecule has 0 bridgehead atoms. The van der Waals surface area contributed by atoms with Crippen molar-refractivity contribution < 1.29 is 4.79 Å². The van der Waals surface area contributed by atoms with E-state index < -0.39 is 0 Å². The zero-order valence-electron chi connectivity index (χ0n) is 11.1. The molecular formula is C16H16N2O. The van der Waals surface area contributed by atoms with Crippen LogP contribution < -0.4 is 5.32 Å². The molecular weight excluding hydrogens is 236 g/mol. The Morgan fingerprint density at radius 3 is 2.58 bits per heavy atom. The summed E-state index contributed by atoms with van der Waals surface area (Å²) >= 11 is 0. The van der Waals surface area contributed by atoms with E-state index in [1.54, 1.807) is 0 Å². The lowest BCUT2D eigenvalue weighted by atomic mass is 9.90. The fourth-order valence-corrected chi connectivity index (χ4v) is 2.45. The van der Waals surface area contributed by atoms with E-state index in [0.29, 0.717) is 5.56 Å². The van der Waals surface area contributed by atoms with Crippen molar-refractivity contribution in [3.8, 4) is 11.3 Å². The molecule has 2 aromatic rings. The largest absolute Gasteiger partial charge is 0.347 e. The zero-order chi connectivity index (χ0) is 13.5. The predicted molar refractivity (Wildman–Crippen MR) is 74.9 cm³/mol. The quantitative estimate of drug-likeness (QED) is 0.848. The van der Waals surface area contributed by atoms with Gasteiger partial charge < -0.3 is 5.32 Å². The van der Waals surface area contributed by atoms with Crippen LogP contribution in [0.15, 0.2) is 42.5 Å². The average molecular weight is 252 g/mol. The lowest BCUT2D eigenvalue weighted by Crippen LogP contribution is -2.49. The lowest BCUT2D eigenvalue weighted by Gasteiger charge is -2.31. The van der Waals surface area contributed by atoms with E-state index in [2.05, 4.69) is 10.3 Å². The van der Waals surface area contributed by atoms with Crippen molar-refractivity contribution in [2.75, 3.05) is 0 Å². The van der Waals surface area contributed by atoms with Gasteiger partial charge in [0.2, 0.25) is 0 Å². The number of carbonyl (C=O) groups excluding carboxylic acids is 1. The molecule has 0 aliphatic carbocycles. The predicted octanol–water partition coefficient (Wildman–Crippen LogP) is 2.81. The number of nitrogens with zero attached hydrogens (tertiary/aromatic N) is 1. The number of rotatable bonds is 1. The van der Waals surface area contributed by atoms with Crippen LogP contribution in [-0.2, 0) is 6.42 Å². The fraction of sp³-hybridized carbons (Fsp3) is 0.250. The van der Waals surface area contributed by atoms with Gasteiger partial charge in [-0.25, -0.2) is 0 Å². The molecule has 1 amide bonds. The van der Waals surface area contributed by atoms with Crippen LogP contribution in [0, 0.1) is 0 Å². The summed E-state index contributed by atoms with van der Waals surface area (Å²) < 4.78 is 0. The number of carbonyl (C=O) groups is 1. The van der Waals surface area contributed by atoms with E-state index in [1.165, 1.54) is 0 Å². The summed E-state index contributed by atoms with van der Waals surface area (Å²) in [6.45, 7) is 4.04. The van der Waals surface area contributed by atoms with E-state index >= 15 is 0 Å². The van der Waals surface area contributed by atoms with Crippen LogP contribution in [0.25, 0.3) is 11.3 Å². The summed E-state index contributed by atoms with van der Waals surface area (Å²) in [7, 11) is 0. The summed E-state index contributed by atoms with van der Waals surface area (Å²) in [5.74, 6) is -0.0293. The normalized spacial score (nSPS) is 16.6. The number of amides is 1. The molecule has 1 aliphatic rings. The van der Waals surface area contributed by atoms with Gasteiger partial charge in [-0.3, -0.25) is 9.78 Å². The van der Waals surface area contributed by atoms with Crippen LogP contribution in [0.2, 0.25) is 0 Å². The van der Waals surface area contributed by atoms with Gasteiger partial charge in [-0.2, -0.15) is 0 Å². The SMILES string of the molecule is CC1(C)Cc2nc(-c3ccccc3)ccc2C(=O)N1. The number of fused-ring (bicyclic) bond motifs is 1. The summed E-state index contributed by atoms with van der Waals surface area (Å²) in [5, 5.41) is 2.99. The van der Waals surface area contributed by atoms with E-state index in [-0.39, 0.29) is 11.4 Å². The van der Waals surface area contributed by atoms with Crippen LogP contribution in [0.4, 0.5) is 0 Å². The molecule has 0 atom stereocenters. The van der Waals surface area contributed by atoms with E-state index in [9.17, 15) is 4.79 Å². The second-order valence-corrected chi connectivity index (χ2v) is 5.57. The van der Waals surface area contributed by atoms with E-state index in [0.717, 1.165) is 23.4 Å². The number of benzene rings is 1. The van der Waals surface area contributed by atoms with Gasteiger partial charge in [0, 0.05) is 17.5 Å². The van der Waals surface area contributed by atoms with Crippen molar-refractivity contribution in [3.63, 3.8) is 0 Å². The van der Waals surface area contributed by atoms with Gasteiger partial charge in [0.1, 0.15) is 0 Å². The topological polar surface area (TPSA) is 42.0 Å². The number of aromatic nitrogens is 1. The van der Waals surface area contributed by atoms with Crippen molar-refractivity contribution in [1.82, 2.24) is 10.3 Å². The third-order valence-corrected chi connectivity index (χ3v) is 3.35. The van der Waals surface area contributed by atoms with Gasteiger partial charge in [0.05, 0.1) is 17.0 Å². The van der Waals surface area contributed by atoms with Gasteiger partial charge in [0.25, 0.3) is 5.91 Å². The fourth-order valence-electron chi connectivity index (χ4n) is 2.45. The molecule has 0 radical (unpaired) electrons. The molecule has 1 aromatic carbocycles. The number of nitrogens with one attached hydrogen (secondary N) is 1. The first kappa shape index (κ1) is 11.9. The van der Waals surface area contributed by atoms with Crippen molar-refractivity contribution in [3.05, 3.63) is 53.7 Å². The highest BCUT2D eigenvalue weighted by Crippen LogP contribution is 2.25. The van der Waals surface area contributed by atoms with Crippen LogP contribution >= 0.6 is 0 Å². The molecule has 3 nitrogen and oxygen atoms in total. The molecule has 0 fully saturated rings. The Hall–Kier alpha value is -2.16. The standard InChI is InChI=1S/C16H16N2O/c1-16(2)10-14-12(15(19)18-16)8-9-13(17-14)11-6-4-3-5-7-11/h3-9H,10H2,1-2H3,(H,18,19). The van der Waals surface area contributed by atoms with Gasteiger partial charge in [0.15, 0.2) is 0 Å². The Bertz CT molecular complexity index is 632. The average Bonchev–Trinajstić information content (AvgIpc) is 2.37. The minimum atomic E-state index is -0.230. The minimum Gasteiger partial charge on any atom is -0.347 e. The highest BCUT2D eigenvalue weighted by molar-refractivity contribution is 5.97. The molecule has 19 heavy (non-hydrogen) atoms. The Kier molecular flexibility index (Phi) is 2.63. The molecule has 1 N–H and O–H groups in total. The van der Waals surface area contributed by atoms with Crippen LogP contribution in [0.3, 0.4) is 0 Å². The Balaban J connectivity index is 2.07. The van der Waals surface area contributed by atoms with E-state index in [4.69, 9.17) is 0 Å². The highest BCUT2D eigenvalue weighted by Gasteiger charge is 2.30. The van der Waals surface area contributed by atoms with Gasteiger partial charge in [-0.05, 0) is 26.0 Å². The van der Waals surface area contributed by atoms with Crippen molar-refractivity contribution in [2.45, 2.75) is 25.8 Å². The molecule has 1 aromatic heterocycles. The number of hydrogen-bond acceptors (Lipinski definition) is 2. The first-order valence-corrected chi connectivity index (χ1v) is 6.43. The number of hydrogen-bond donors (Lipinski definition) is 1. The first-order valence-electron chi connectivity index (χ1n) is 6.43. The monoisotopic (exact) mass is 252 g/mol. The summed E-state index contributed by atoms with van der Waals surface area (Å²) in [5.41, 5.74) is 3.35. The summed E-state index contributed by atoms with van der Waals surface area (Å²) in [6, 6.07) is 13.8. The Labute approximate surface area is 112 Å². The highest BCUT2D eigenvalue weighted by atomic mass is 16.1. The zero-order valence-corrected chi connectivity index (χ0v) is 11.1. The van der Waals surface area contributed by atoms with E-state index in [1.807, 2.05) is 56.3 Å². The summed E-state index contributed by atoms with van der Waals surface area (Å²) in [6.07, 6.45) is 0.759. The molecule has 0 saturated carbocycles. The first-order chi connectivity index (χ1) is 9.05. The van der Waals surface area contributed by atoms with Gasteiger partial charge in [-0.1, -0.05) is 30.3 Å². The maximum absolute atomic E-state index is 12.0. The molecule has 2 heterocycles. The second kappa shape index (κ2) is 4.19. The molecule has 3 heteroatoms. The third kappa shape index (κ3) is 2.24. The lowest BCUT2D eigenvalue weighted by molar-refractivity contribution is 0.0895. The Morgan fingerprint density at radius 2 is 1.84 bits per heavy atom. The van der Waals surface area contributed by atoms with Gasteiger partial charge in [-0.15, -0.1) is 0 Å². The smallest absolute Gasteiger partial charge is 0.253 e. The Morgan fingerprint density at radius 1 is 1.11 bits per heavy atom. The van der Waals surface area contributed by atoms with Crippen LogP contribution in [0.5, 0.6) is 0 Å². The molecule has 0 spiro atoms. The van der Waals surface area contributed by atoms with Gasteiger partial charge >= 0.3 is 0 Å².